The second kappa shape index (κ2) is 8.40. The summed E-state index contributed by atoms with van der Waals surface area (Å²) < 4.78 is 27.2. The fraction of sp³-hybridized carbons (Fsp3) is 0.250. The molecule has 0 radical (unpaired) electrons. The molecule has 0 saturated carbocycles. The Balaban J connectivity index is 1.25. The maximum atomic E-state index is 13.0. The molecule has 0 spiro atoms. The Hall–Kier alpha value is -3.59. The summed E-state index contributed by atoms with van der Waals surface area (Å²) >= 11 is 0. The van der Waals surface area contributed by atoms with Crippen LogP contribution in [0, 0.1) is 0 Å². The fourth-order valence-electron chi connectivity index (χ4n) is 4.40. The lowest BCUT2D eigenvalue weighted by Gasteiger charge is -2.18. The highest BCUT2D eigenvalue weighted by molar-refractivity contribution is 7.93. The first-order chi connectivity index (χ1) is 15.9. The molecule has 3 aromatic carbocycles. The lowest BCUT2D eigenvalue weighted by molar-refractivity contribution is -0.119. The Morgan fingerprint density at radius 1 is 0.939 bits per heavy atom. The van der Waals surface area contributed by atoms with Gasteiger partial charge in [0.2, 0.25) is 5.91 Å². The summed E-state index contributed by atoms with van der Waals surface area (Å²) in [5.41, 5.74) is 1.98. The van der Waals surface area contributed by atoms with Crippen molar-refractivity contribution in [2.75, 3.05) is 29.3 Å². The van der Waals surface area contributed by atoms with E-state index in [1.807, 2.05) is 24.3 Å². The Bertz CT molecular complexity index is 1340. The average molecular weight is 465 g/mol. The molecule has 0 aromatic heterocycles. The molecule has 9 heteroatoms. The molecule has 0 bridgehead atoms. The molecule has 2 aliphatic rings. The summed E-state index contributed by atoms with van der Waals surface area (Å²) in [5, 5.41) is 7.15. The number of hydrogen-bond donors (Lipinski definition) is 2. The quantitative estimate of drug-likeness (QED) is 0.605. The van der Waals surface area contributed by atoms with Gasteiger partial charge in [-0.2, -0.15) is 0 Å². The number of hydrogen-bond acceptors (Lipinski definition) is 4. The summed E-state index contributed by atoms with van der Waals surface area (Å²) in [5.74, 6) is -0.408. The van der Waals surface area contributed by atoms with E-state index in [1.54, 1.807) is 41.3 Å². The molecule has 0 aliphatic carbocycles. The Morgan fingerprint density at radius 3 is 2.45 bits per heavy atom. The van der Waals surface area contributed by atoms with Crippen molar-refractivity contribution >= 4 is 44.1 Å². The van der Waals surface area contributed by atoms with Crippen molar-refractivity contribution < 1.29 is 18.0 Å². The van der Waals surface area contributed by atoms with Gasteiger partial charge in [0.05, 0.1) is 10.6 Å². The number of sulfonamides is 1. The van der Waals surface area contributed by atoms with Gasteiger partial charge in [0.15, 0.2) is 0 Å². The zero-order valence-corrected chi connectivity index (χ0v) is 18.8. The van der Waals surface area contributed by atoms with Crippen LogP contribution in [0.3, 0.4) is 0 Å². The smallest absolute Gasteiger partial charge is 0.321 e. The number of carbonyl (C=O) groups excluding carboxylic acids is 2. The van der Waals surface area contributed by atoms with Gasteiger partial charge in [-0.1, -0.05) is 36.4 Å². The normalized spacial score (nSPS) is 16.2. The average Bonchev–Trinajstić information content (AvgIpc) is 3.42. The van der Waals surface area contributed by atoms with E-state index < -0.39 is 15.9 Å². The molecular formula is C24H24N4O4S. The lowest BCUT2D eigenvalue weighted by atomic mass is 10.1. The van der Waals surface area contributed by atoms with E-state index in [2.05, 4.69) is 10.6 Å². The van der Waals surface area contributed by atoms with Crippen LogP contribution in [0.5, 0.6) is 0 Å². The van der Waals surface area contributed by atoms with E-state index in [0.717, 1.165) is 41.2 Å². The van der Waals surface area contributed by atoms with Gasteiger partial charge in [0.1, 0.15) is 6.54 Å². The van der Waals surface area contributed by atoms with E-state index in [-0.39, 0.29) is 24.0 Å². The molecule has 33 heavy (non-hydrogen) atoms. The summed E-state index contributed by atoms with van der Waals surface area (Å²) in [6.07, 6.45) is 2.04. The molecule has 5 rings (SSSR count). The first kappa shape index (κ1) is 21.3. The van der Waals surface area contributed by atoms with E-state index in [1.165, 1.54) is 0 Å². The number of rotatable bonds is 5. The number of amides is 3. The maximum Gasteiger partial charge on any atom is 0.321 e. The first-order valence-electron chi connectivity index (χ1n) is 10.9. The van der Waals surface area contributed by atoms with Crippen molar-refractivity contribution in [3.8, 4) is 0 Å². The van der Waals surface area contributed by atoms with Crippen molar-refractivity contribution in [1.29, 1.82) is 0 Å². The zero-order chi connectivity index (χ0) is 23.0. The largest absolute Gasteiger partial charge is 0.350 e. The van der Waals surface area contributed by atoms with Crippen molar-refractivity contribution in [2.24, 2.45) is 0 Å². The number of carbonyl (C=O) groups is 2. The fourth-order valence-corrected chi connectivity index (χ4v) is 6.06. The highest BCUT2D eigenvalue weighted by atomic mass is 32.2. The van der Waals surface area contributed by atoms with E-state index >= 15 is 0 Å². The summed E-state index contributed by atoms with van der Waals surface area (Å²) in [6, 6.07) is 17.6. The van der Waals surface area contributed by atoms with Crippen molar-refractivity contribution in [3.05, 3.63) is 66.2 Å². The maximum absolute atomic E-state index is 13.0. The van der Waals surface area contributed by atoms with Crippen molar-refractivity contribution in [1.82, 2.24) is 10.2 Å². The summed E-state index contributed by atoms with van der Waals surface area (Å²) in [4.78, 5) is 27.0. The molecule has 2 heterocycles. The van der Waals surface area contributed by atoms with Crippen molar-refractivity contribution in [3.63, 3.8) is 0 Å². The standard InChI is InChI=1S/C24H24N4O4S/c29-22(16-28-20-10-4-7-18-8-5-11-21(23(18)20)33(28,31)32)25-15-17-6-3-9-19(14-17)26-24(30)27-12-1-2-13-27/h3-11,14H,1-2,12-13,15-16H2,(H,25,29)(H,26,30). The van der Waals surface area contributed by atoms with Gasteiger partial charge in [-0.15, -0.1) is 0 Å². The van der Waals surface area contributed by atoms with Gasteiger partial charge in [0.25, 0.3) is 10.0 Å². The number of likely N-dealkylation sites (tertiary alicyclic amines) is 1. The highest BCUT2D eigenvalue weighted by Gasteiger charge is 2.36. The minimum absolute atomic E-state index is 0.123. The van der Waals surface area contributed by atoms with E-state index in [9.17, 15) is 18.0 Å². The molecule has 170 valence electrons. The number of anilines is 2. The van der Waals surface area contributed by atoms with E-state index in [4.69, 9.17) is 0 Å². The second-order valence-corrected chi connectivity index (χ2v) is 10.1. The van der Waals surface area contributed by atoms with Gasteiger partial charge >= 0.3 is 6.03 Å². The third kappa shape index (κ3) is 4.00. The summed E-state index contributed by atoms with van der Waals surface area (Å²) in [6.45, 7) is 1.44. The van der Waals surface area contributed by atoms with Crippen LogP contribution in [-0.2, 0) is 21.4 Å². The van der Waals surface area contributed by atoms with Crippen LogP contribution in [0.4, 0.5) is 16.2 Å². The van der Waals surface area contributed by atoms with Gasteiger partial charge < -0.3 is 15.5 Å². The molecule has 2 aliphatic heterocycles. The van der Waals surface area contributed by atoms with Crippen LogP contribution in [0.15, 0.2) is 65.6 Å². The van der Waals surface area contributed by atoms with Gasteiger partial charge in [-0.3, -0.25) is 9.10 Å². The zero-order valence-electron chi connectivity index (χ0n) is 18.0. The predicted octanol–water partition coefficient (Wildman–Crippen LogP) is 3.29. The van der Waals surface area contributed by atoms with Crippen LogP contribution < -0.4 is 14.9 Å². The monoisotopic (exact) mass is 464 g/mol. The molecule has 0 unspecified atom stereocenters. The lowest BCUT2D eigenvalue weighted by Crippen LogP contribution is -2.38. The molecule has 0 atom stereocenters. The predicted molar refractivity (Wildman–Crippen MR) is 127 cm³/mol. The molecule has 3 amide bonds. The molecule has 8 nitrogen and oxygen atoms in total. The van der Waals surface area contributed by atoms with Gasteiger partial charge in [-0.05, 0) is 48.1 Å². The third-order valence-electron chi connectivity index (χ3n) is 6.03. The van der Waals surface area contributed by atoms with Gasteiger partial charge in [0, 0.05) is 30.7 Å². The molecular weight excluding hydrogens is 440 g/mol. The first-order valence-corrected chi connectivity index (χ1v) is 12.3. The minimum Gasteiger partial charge on any atom is -0.350 e. The molecule has 3 aromatic rings. The third-order valence-corrected chi connectivity index (χ3v) is 7.83. The minimum atomic E-state index is -3.78. The van der Waals surface area contributed by atoms with Crippen LogP contribution in [0.25, 0.3) is 10.8 Å². The number of benzene rings is 3. The van der Waals surface area contributed by atoms with Crippen LogP contribution in [0.1, 0.15) is 18.4 Å². The van der Waals surface area contributed by atoms with Crippen LogP contribution in [0.2, 0.25) is 0 Å². The van der Waals surface area contributed by atoms with E-state index in [0.29, 0.717) is 16.8 Å². The molecule has 1 fully saturated rings. The van der Waals surface area contributed by atoms with Crippen molar-refractivity contribution in [2.45, 2.75) is 24.3 Å². The number of urea groups is 1. The Morgan fingerprint density at radius 2 is 1.67 bits per heavy atom. The van der Waals surface area contributed by atoms with Crippen LogP contribution >= 0.6 is 0 Å². The van der Waals surface area contributed by atoms with Gasteiger partial charge in [-0.25, -0.2) is 13.2 Å². The number of nitrogens with one attached hydrogen (secondary N) is 2. The van der Waals surface area contributed by atoms with Crippen LogP contribution in [-0.4, -0.2) is 44.9 Å². The second-order valence-electron chi connectivity index (χ2n) is 8.24. The molecule has 1 saturated heterocycles. The number of nitrogens with zero attached hydrogens (tertiary/aromatic N) is 2. The SMILES string of the molecule is O=C(CN1c2cccc3cccc(c23)S1(=O)=O)NCc1cccc(NC(=O)N2CCCC2)c1. The Labute approximate surface area is 192 Å². The highest BCUT2D eigenvalue weighted by Crippen LogP contribution is 2.41. The Kier molecular flexibility index (Phi) is 5.41. The summed E-state index contributed by atoms with van der Waals surface area (Å²) in [7, 11) is -3.78. The topological polar surface area (TPSA) is 98.8 Å². The molecule has 2 N–H and O–H groups in total.